The largest absolute Gasteiger partial charge is 0.339 e. The predicted octanol–water partition coefficient (Wildman–Crippen LogP) is 3.71. The fraction of sp³-hybridized carbons (Fsp3) is 0.143. The standard InChI is InChI=1S/C21H18N4O2S/c26-19(9-10-20-23-21(24-27-20)17-11-13-28-15-17)22-18-8-4-5-12-25(18)14-16-6-2-1-3-7-16/h1-8,11-13,15H,9-10,14H2. The van der Waals surface area contributed by atoms with Crippen LogP contribution in [-0.4, -0.2) is 20.6 Å². The number of thiophene rings is 1. The van der Waals surface area contributed by atoms with Crippen LogP contribution in [0.1, 0.15) is 17.9 Å². The van der Waals surface area contributed by atoms with Gasteiger partial charge in [-0.1, -0.05) is 41.6 Å². The lowest BCUT2D eigenvalue weighted by atomic mass is 10.2. The number of nitrogens with zero attached hydrogens (tertiary/aromatic N) is 4. The van der Waals surface area contributed by atoms with E-state index >= 15 is 0 Å². The van der Waals surface area contributed by atoms with E-state index in [9.17, 15) is 4.79 Å². The average Bonchev–Trinajstić information content (AvgIpc) is 3.40. The minimum atomic E-state index is -0.219. The molecular weight excluding hydrogens is 372 g/mol. The molecule has 0 fully saturated rings. The number of hydrogen-bond acceptors (Lipinski definition) is 5. The molecule has 0 aliphatic heterocycles. The molecule has 0 atom stereocenters. The van der Waals surface area contributed by atoms with Gasteiger partial charge >= 0.3 is 0 Å². The Labute approximate surface area is 165 Å². The van der Waals surface area contributed by atoms with Gasteiger partial charge in [-0.05, 0) is 29.1 Å². The maximum Gasteiger partial charge on any atom is 0.248 e. The summed E-state index contributed by atoms with van der Waals surface area (Å²) in [5.74, 6) is 0.766. The first-order valence-electron chi connectivity index (χ1n) is 8.90. The Kier molecular flexibility index (Phi) is 5.53. The lowest BCUT2D eigenvalue weighted by molar-refractivity contribution is -0.118. The van der Waals surface area contributed by atoms with E-state index in [4.69, 9.17) is 4.52 Å². The second-order valence-corrected chi connectivity index (χ2v) is 6.98. The number of hydrogen-bond donors (Lipinski definition) is 0. The van der Waals surface area contributed by atoms with Crippen molar-refractivity contribution in [1.29, 1.82) is 0 Å². The summed E-state index contributed by atoms with van der Waals surface area (Å²) in [6.07, 6.45) is 2.50. The van der Waals surface area contributed by atoms with Crippen molar-refractivity contribution >= 4 is 17.2 Å². The van der Waals surface area contributed by atoms with Crippen LogP contribution in [0.3, 0.4) is 0 Å². The summed E-state index contributed by atoms with van der Waals surface area (Å²) in [6, 6.07) is 17.6. The Balaban J connectivity index is 1.44. The number of aromatic nitrogens is 3. The maximum absolute atomic E-state index is 12.4. The molecule has 0 aliphatic rings. The molecule has 4 rings (SSSR count). The fourth-order valence-electron chi connectivity index (χ4n) is 2.75. The van der Waals surface area contributed by atoms with Crippen molar-refractivity contribution < 1.29 is 9.32 Å². The smallest absolute Gasteiger partial charge is 0.248 e. The third-order valence-corrected chi connectivity index (χ3v) is 4.84. The van der Waals surface area contributed by atoms with Crippen LogP contribution in [0.5, 0.6) is 0 Å². The number of aryl methyl sites for hydroxylation is 1. The second-order valence-electron chi connectivity index (χ2n) is 6.20. The summed E-state index contributed by atoms with van der Waals surface area (Å²) >= 11 is 1.57. The average molecular weight is 390 g/mol. The van der Waals surface area contributed by atoms with E-state index in [2.05, 4.69) is 15.1 Å². The molecule has 1 aromatic carbocycles. The molecule has 3 heterocycles. The monoisotopic (exact) mass is 390 g/mol. The van der Waals surface area contributed by atoms with Crippen molar-refractivity contribution in [3.05, 3.63) is 88.5 Å². The molecule has 0 bridgehead atoms. The van der Waals surface area contributed by atoms with Crippen LogP contribution in [0.15, 0.2) is 81.1 Å². The lowest BCUT2D eigenvalue weighted by Crippen LogP contribution is -2.22. The van der Waals surface area contributed by atoms with Crippen LogP contribution < -0.4 is 5.49 Å². The molecule has 0 saturated carbocycles. The van der Waals surface area contributed by atoms with E-state index in [-0.39, 0.29) is 12.3 Å². The van der Waals surface area contributed by atoms with E-state index in [1.54, 1.807) is 11.3 Å². The van der Waals surface area contributed by atoms with Gasteiger partial charge in [-0.15, -0.1) is 0 Å². The van der Waals surface area contributed by atoms with Crippen LogP contribution >= 0.6 is 11.3 Å². The van der Waals surface area contributed by atoms with E-state index in [0.29, 0.717) is 30.2 Å². The number of rotatable bonds is 6. The van der Waals surface area contributed by atoms with Gasteiger partial charge < -0.3 is 9.09 Å². The summed E-state index contributed by atoms with van der Waals surface area (Å²) in [4.78, 5) is 21.0. The first kappa shape index (κ1) is 18.1. The van der Waals surface area contributed by atoms with Crippen molar-refractivity contribution in [3.8, 4) is 11.4 Å². The Morgan fingerprint density at radius 1 is 1.11 bits per heavy atom. The van der Waals surface area contributed by atoms with Gasteiger partial charge in [-0.2, -0.15) is 21.3 Å². The van der Waals surface area contributed by atoms with Crippen LogP contribution in [-0.2, 0) is 17.8 Å². The minimum Gasteiger partial charge on any atom is -0.339 e. The molecule has 0 radical (unpaired) electrons. The Morgan fingerprint density at radius 3 is 2.79 bits per heavy atom. The van der Waals surface area contributed by atoms with Crippen LogP contribution in [0, 0.1) is 0 Å². The third-order valence-electron chi connectivity index (χ3n) is 4.15. The third kappa shape index (κ3) is 4.50. The summed E-state index contributed by atoms with van der Waals surface area (Å²) < 4.78 is 7.19. The molecule has 0 N–H and O–H groups in total. The lowest BCUT2D eigenvalue weighted by Gasteiger charge is -2.07. The van der Waals surface area contributed by atoms with Crippen molar-refractivity contribution in [3.63, 3.8) is 0 Å². The van der Waals surface area contributed by atoms with Gasteiger partial charge in [-0.3, -0.25) is 4.79 Å². The Hall–Kier alpha value is -3.32. The quantitative estimate of drug-likeness (QED) is 0.503. The van der Waals surface area contributed by atoms with Gasteiger partial charge in [0.25, 0.3) is 0 Å². The molecule has 0 unspecified atom stereocenters. The Morgan fingerprint density at radius 2 is 1.96 bits per heavy atom. The molecule has 0 spiro atoms. The second kappa shape index (κ2) is 8.58. The van der Waals surface area contributed by atoms with Crippen molar-refractivity contribution in [2.75, 3.05) is 0 Å². The summed E-state index contributed by atoms with van der Waals surface area (Å²) in [5.41, 5.74) is 2.69. The zero-order valence-corrected chi connectivity index (χ0v) is 15.9. The molecule has 3 aromatic heterocycles. The summed E-state index contributed by atoms with van der Waals surface area (Å²) in [7, 11) is 0. The summed E-state index contributed by atoms with van der Waals surface area (Å²) in [6.45, 7) is 0.654. The van der Waals surface area contributed by atoms with Crippen LogP contribution in [0.4, 0.5) is 0 Å². The minimum absolute atomic E-state index is 0.214. The highest BCUT2D eigenvalue weighted by Gasteiger charge is 2.10. The van der Waals surface area contributed by atoms with Gasteiger partial charge in [0.05, 0.1) is 0 Å². The molecule has 7 heteroatoms. The highest BCUT2D eigenvalue weighted by atomic mass is 32.1. The number of benzene rings is 1. The number of pyridine rings is 1. The van der Waals surface area contributed by atoms with E-state index in [1.165, 1.54) is 0 Å². The SMILES string of the molecule is O=C(CCc1nc(-c2ccsc2)no1)N=c1ccccn1Cc1ccccc1. The fourth-order valence-corrected chi connectivity index (χ4v) is 3.38. The van der Waals surface area contributed by atoms with Gasteiger partial charge in [0.15, 0.2) is 0 Å². The van der Waals surface area contributed by atoms with Gasteiger partial charge in [0.1, 0.15) is 5.49 Å². The molecule has 1 amide bonds. The maximum atomic E-state index is 12.4. The van der Waals surface area contributed by atoms with Crippen LogP contribution in [0.2, 0.25) is 0 Å². The topological polar surface area (TPSA) is 73.3 Å². The molecule has 4 aromatic rings. The molecular formula is C21H18N4O2S. The predicted molar refractivity (Wildman–Crippen MR) is 106 cm³/mol. The van der Waals surface area contributed by atoms with Crippen molar-refractivity contribution in [1.82, 2.24) is 14.7 Å². The number of carbonyl (C=O) groups is 1. The van der Waals surface area contributed by atoms with E-state index < -0.39 is 0 Å². The van der Waals surface area contributed by atoms with Gasteiger partial charge in [0, 0.05) is 36.5 Å². The van der Waals surface area contributed by atoms with Crippen molar-refractivity contribution in [2.45, 2.75) is 19.4 Å². The number of carbonyl (C=O) groups excluding carboxylic acids is 1. The van der Waals surface area contributed by atoms with Gasteiger partial charge in [-0.25, -0.2) is 0 Å². The molecule has 6 nitrogen and oxygen atoms in total. The zero-order valence-electron chi connectivity index (χ0n) is 15.1. The highest BCUT2D eigenvalue weighted by Crippen LogP contribution is 2.19. The van der Waals surface area contributed by atoms with E-state index in [0.717, 1.165) is 11.1 Å². The molecule has 0 aliphatic carbocycles. The Bertz CT molecular complexity index is 1110. The molecule has 140 valence electrons. The summed E-state index contributed by atoms with van der Waals surface area (Å²) in [5, 5.41) is 7.87. The normalized spacial score (nSPS) is 11.6. The first-order chi connectivity index (χ1) is 13.8. The molecule has 28 heavy (non-hydrogen) atoms. The van der Waals surface area contributed by atoms with Gasteiger partial charge in [0.2, 0.25) is 17.6 Å². The molecule has 0 saturated heterocycles. The zero-order chi connectivity index (χ0) is 19.2. The highest BCUT2D eigenvalue weighted by molar-refractivity contribution is 7.08. The van der Waals surface area contributed by atoms with E-state index in [1.807, 2.05) is 76.1 Å². The van der Waals surface area contributed by atoms with Crippen molar-refractivity contribution in [2.24, 2.45) is 4.99 Å². The first-order valence-corrected chi connectivity index (χ1v) is 9.84. The number of amides is 1. The van der Waals surface area contributed by atoms with Crippen LogP contribution in [0.25, 0.3) is 11.4 Å².